The Bertz CT molecular complexity index is 317. The molecule has 0 aliphatic carbocycles. The monoisotopic (exact) mass is 300 g/mol. The smallest absolute Gasteiger partial charge is 0.325 e. The van der Waals surface area contributed by atoms with Crippen LogP contribution in [0, 0.1) is 0 Å². The van der Waals surface area contributed by atoms with E-state index in [4.69, 9.17) is 9.47 Å². The molecular formula is C16H32N2O3. The molecule has 1 saturated heterocycles. The molecule has 2 atom stereocenters. The van der Waals surface area contributed by atoms with Gasteiger partial charge < -0.3 is 14.4 Å². The zero-order chi connectivity index (χ0) is 15.9. The minimum absolute atomic E-state index is 0.172. The molecule has 1 fully saturated rings. The SMILES string of the molecule is COC(=O)C(C)(CCCCN(C)C1CCOC1)NC(C)C. The predicted molar refractivity (Wildman–Crippen MR) is 84.4 cm³/mol. The molecule has 2 unspecified atom stereocenters. The fraction of sp³-hybridized carbons (Fsp3) is 0.938. The van der Waals surface area contributed by atoms with Crippen molar-refractivity contribution in [3.8, 4) is 0 Å². The molecule has 0 saturated carbocycles. The summed E-state index contributed by atoms with van der Waals surface area (Å²) >= 11 is 0. The van der Waals surface area contributed by atoms with Crippen molar-refractivity contribution in [1.29, 1.82) is 0 Å². The van der Waals surface area contributed by atoms with E-state index in [-0.39, 0.29) is 12.0 Å². The number of likely N-dealkylation sites (N-methyl/N-ethyl adjacent to an activating group) is 1. The van der Waals surface area contributed by atoms with Gasteiger partial charge in [-0.1, -0.05) is 0 Å². The molecule has 1 rings (SSSR count). The Kier molecular flexibility index (Phi) is 7.63. The third kappa shape index (κ3) is 5.93. The van der Waals surface area contributed by atoms with Crippen molar-refractivity contribution < 1.29 is 14.3 Å². The average Bonchev–Trinajstić information content (AvgIpc) is 2.95. The second-order valence-corrected chi connectivity index (χ2v) is 6.58. The number of hydrogen-bond acceptors (Lipinski definition) is 5. The average molecular weight is 300 g/mol. The van der Waals surface area contributed by atoms with Crippen LogP contribution in [0.4, 0.5) is 0 Å². The van der Waals surface area contributed by atoms with Crippen LogP contribution < -0.4 is 5.32 Å². The Morgan fingerprint density at radius 3 is 2.71 bits per heavy atom. The van der Waals surface area contributed by atoms with E-state index < -0.39 is 5.54 Å². The lowest BCUT2D eigenvalue weighted by atomic mass is 9.93. The van der Waals surface area contributed by atoms with Gasteiger partial charge in [0.1, 0.15) is 5.54 Å². The molecule has 0 aromatic carbocycles. The fourth-order valence-electron chi connectivity index (χ4n) is 2.99. The van der Waals surface area contributed by atoms with Gasteiger partial charge in [0.2, 0.25) is 0 Å². The van der Waals surface area contributed by atoms with Crippen molar-refractivity contribution in [2.45, 2.75) is 64.1 Å². The van der Waals surface area contributed by atoms with Crippen molar-refractivity contribution in [2.75, 3.05) is 33.9 Å². The summed E-state index contributed by atoms with van der Waals surface area (Å²) in [5, 5.41) is 3.34. The Balaban J connectivity index is 2.34. The van der Waals surface area contributed by atoms with E-state index in [1.165, 1.54) is 7.11 Å². The highest BCUT2D eigenvalue weighted by molar-refractivity contribution is 5.80. The molecule has 1 heterocycles. The van der Waals surface area contributed by atoms with Crippen LogP contribution in [0.5, 0.6) is 0 Å². The molecule has 0 amide bonds. The third-order valence-corrected chi connectivity index (χ3v) is 4.21. The third-order valence-electron chi connectivity index (χ3n) is 4.21. The van der Waals surface area contributed by atoms with Crippen molar-refractivity contribution in [3.05, 3.63) is 0 Å². The maximum Gasteiger partial charge on any atom is 0.325 e. The van der Waals surface area contributed by atoms with Crippen molar-refractivity contribution >= 4 is 5.97 Å². The molecule has 0 aromatic heterocycles. The summed E-state index contributed by atoms with van der Waals surface area (Å²) < 4.78 is 10.4. The molecule has 21 heavy (non-hydrogen) atoms. The number of esters is 1. The van der Waals surface area contributed by atoms with Crippen LogP contribution in [0.25, 0.3) is 0 Å². The van der Waals surface area contributed by atoms with E-state index in [1.54, 1.807) is 0 Å². The lowest BCUT2D eigenvalue weighted by Gasteiger charge is -2.30. The Hall–Kier alpha value is -0.650. The van der Waals surface area contributed by atoms with E-state index in [0.29, 0.717) is 6.04 Å². The molecule has 0 spiro atoms. The quantitative estimate of drug-likeness (QED) is 0.520. The zero-order valence-corrected chi connectivity index (χ0v) is 14.3. The number of nitrogens with one attached hydrogen (secondary N) is 1. The zero-order valence-electron chi connectivity index (χ0n) is 14.3. The van der Waals surface area contributed by atoms with Gasteiger partial charge in [0, 0.05) is 18.7 Å². The number of rotatable bonds is 9. The number of unbranched alkanes of at least 4 members (excludes halogenated alkanes) is 1. The summed E-state index contributed by atoms with van der Waals surface area (Å²) in [6, 6.07) is 0.818. The van der Waals surface area contributed by atoms with Crippen LogP contribution in [0.3, 0.4) is 0 Å². The molecule has 5 nitrogen and oxygen atoms in total. The van der Waals surface area contributed by atoms with Crippen molar-refractivity contribution in [2.24, 2.45) is 0 Å². The van der Waals surface area contributed by atoms with Gasteiger partial charge in [-0.15, -0.1) is 0 Å². The van der Waals surface area contributed by atoms with Crippen LogP contribution >= 0.6 is 0 Å². The number of methoxy groups -OCH3 is 1. The number of carbonyl (C=O) groups excluding carboxylic acids is 1. The summed E-state index contributed by atoms with van der Waals surface area (Å²) in [7, 11) is 3.61. The lowest BCUT2D eigenvalue weighted by molar-refractivity contribution is -0.148. The normalized spacial score (nSPS) is 21.8. The van der Waals surface area contributed by atoms with E-state index in [1.807, 2.05) is 6.92 Å². The fourth-order valence-corrected chi connectivity index (χ4v) is 2.99. The highest BCUT2D eigenvalue weighted by atomic mass is 16.5. The lowest BCUT2D eigenvalue weighted by Crippen LogP contribution is -2.53. The van der Waals surface area contributed by atoms with E-state index in [9.17, 15) is 4.79 Å². The number of ether oxygens (including phenoxy) is 2. The first-order valence-corrected chi connectivity index (χ1v) is 8.03. The van der Waals surface area contributed by atoms with Gasteiger partial charge in [0.25, 0.3) is 0 Å². The second kappa shape index (κ2) is 8.71. The first kappa shape index (κ1) is 18.4. The minimum atomic E-state index is -0.585. The molecule has 124 valence electrons. The summed E-state index contributed by atoms with van der Waals surface area (Å²) in [5.41, 5.74) is -0.585. The summed E-state index contributed by atoms with van der Waals surface area (Å²) in [5.74, 6) is -0.172. The molecular weight excluding hydrogens is 268 g/mol. The van der Waals surface area contributed by atoms with Crippen LogP contribution in [0.1, 0.15) is 46.5 Å². The molecule has 1 aliphatic heterocycles. The number of hydrogen-bond donors (Lipinski definition) is 1. The maximum atomic E-state index is 12.0. The van der Waals surface area contributed by atoms with Gasteiger partial charge in [-0.3, -0.25) is 10.1 Å². The van der Waals surface area contributed by atoms with Crippen molar-refractivity contribution in [3.63, 3.8) is 0 Å². The van der Waals surface area contributed by atoms with Gasteiger partial charge in [-0.2, -0.15) is 0 Å². The van der Waals surface area contributed by atoms with Gasteiger partial charge in [0.15, 0.2) is 0 Å². The number of carbonyl (C=O) groups is 1. The maximum absolute atomic E-state index is 12.0. The summed E-state index contributed by atoms with van der Waals surface area (Å²) in [6.45, 7) is 8.82. The van der Waals surface area contributed by atoms with Gasteiger partial charge in [-0.25, -0.2) is 0 Å². The van der Waals surface area contributed by atoms with Gasteiger partial charge >= 0.3 is 5.97 Å². The van der Waals surface area contributed by atoms with E-state index in [0.717, 1.165) is 45.4 Å². The molecule has 0 bridgehead atoms. The summed E-state index contributed by atoms with van der Waals surface area (Å²) in [6.07, 6.45) is 4.01. The minimum Gasteiger partial charge on any atom is -0.468 e. The topological polar surface area (TPSA) is 50.8 Å². The Morgan fingerprint density at radius 1 is 1.48 bits per heavy atom. The van der Waals surface area contributed by atoms with Crippen LogP contribution in [-0.2, 0) is 14.3 Å². The molecule has 1 N–H and O–H groups in total. The van der Waals surface area contributed by atoms with Crippen LogP contribution in [0.15, 0.2) is 0 Å². The first-order valence-electron chi connectivity index (χ1n) is 8.03. The van der Waals surface area contributed by atoms with Crippen LogP contribution in [-0.4, -0.2) is 62.4 Å². The Labute approximate surface area is 129 Å². The van der Waals surface area contributed by atoms with E-state index >= 15 is 0 Å². The highest BCUT2D eigenvalue weighted by Gasteiger charge is 2.34. The molecule has 0 aromatic rings. The highest BCUT2D eigenvalue weighted by Crippen LogP contribution is 2.18. The first-order chi connectivity index (χ1) is 9.89. The predicted octanol–water partition coefficient (Wildman–Crippen LogP) is 1.81. The molecule has 0 radical (unpaired) electrons. The summed E-state index contributed by atoms with van der Waals surface area (Å²) in [4.78, 5) is 14.4. The van der Waals surface area contributed by atoms with E-state index in [2.05, 4.69) is 31.1 Å². The molecule has 1 aliphatic rings. The largest absolute Gasteiger partial charge is 0.468 e. The van der Waals surface area contributed by atoms with Gasteiger partial charge in [-0.05, 0) is 60.0 Å². The van der Waals surface area contributed by atoms with Gasteiger partial charge in [0.05, 0.1) is 13.7 Å². The Morgan fingerprint density at radius 2 is 2.19 bits per heavy atom. The van der Waals surface area contributed by atoms with Crippen molar-refractivity contribution in [1.82, 2.24) is 10.2 Å². The second-order valence-electron chi connectivity index (χ2n) is 6.58. The molecule has 5 heteroatoms. The number of nitrogens with zero attached hydrogens (tertiary/aromatic N) is 1. The van der Waals surface area contributed by atoms with Crippen LogP contribution in [0.2, 0.25) is 0 Å². The standard InChI is InChI=1S/C16H32N2O3/c1-13(2)17-16(3,15(19)20-5)9-6-7-10-18(4)14-8-11-21-12-14/h13-14,17H,6-12H2,1-5H3.